The lowest BCUT2D eigenvalue weighted by molar-refractivity contribution is 0.0935. The smallest absolute Gasteiger partial charge is 0.257 e. The quantitative estimate of drug-likeness (QED) is 0.597. The lowest BCUT2D eigenvalue weighted by Crippen LogP contribution is -2.34. The van der Waals surface area contributed by atoms with Gasteiger partial charge in [-0.05, 0) is 55.9 Å². The van der Waals surface area contributed by atoms with Gasteiger partial charge < -0.3 is 15.5 Å². The Kier molecular flexibility index (Phi) is 6.48. The van der Waals surface area contributed by atoms with Crippen LogP contribution in [0.25, 0.3) is 10.9 Å². The number of carbonyl (C=O) groups is 1. The minimum absolute atomic E-state index is 0.238. The van der Waals surface area contributed by atoms with Gasteiger partial charge in [-0.1, -0.05) is 18.2 Å². The third-order valence-corrected chi connectivity index (χ3v) is 5.93. The fourth-order valence-corrected chi connectivity index (χ4v) is 4.20. The summed E-state index contributed by atoms with van der Waals surface area (Å²) in [5.74, 6) is -0.650. The first-order chi connectivity index (χ1) is 15.4. The molecule has 32 heavy (non-hydrogen) atoms. The van der Waals surface area contributed by atoms with Crippen molar-refractivity contribution in [2.45, 2.75) is 31.7 Å². The van der Waals surface area contributed by atoms with Crippen LogP contribution in [-0.4, -0.2) is 42.6 Å². The SMILES string of the molecule is CN(C)c1nc(NC2CCC(CNC(=O)c3c(F)cccc3F)CC2)nc2ccccc12. The summed E-state index contributed by atoms with van der Waals surface area (Å²) in [5.41, 5.74) is 0.374. The first-order valence-electron chi connectivity index (χ1n) is 10.8. The highest BCUT2D eigenvalue weighted by atomic mass is 19.1. The van der Waals surface area contributed by atoms with Crippen LogP contribution in [0.15, 0.2) is 42.5 Å². The van der Waals surface area contributed by atoms with E-state index >= 15 is 0 Å². The Morgan fingerprint density at radius 2 is 1.69 bits per heavy atom. The number of aromatic nitrogens is 2. The number of para-hydroxylation sites is 1. The van der Waals surface area contributed by atoms with Crippen molar-refractivity contribution in [1.29, 1.82) is 0 Å². The van der Waals surface area contributed by atoms with E-state index in [2.05, 4.69) is 15.6 Å². The lowest BCUT2D eigenvalue weighted by Gasteiger charge is -2.29. The van der Waals surface area contributed by atoms with Crippen molar-refractivity contribution in [3.05, 3.63) is 59.7 Å². The summed E-state index contributed by atoms with van der Waals surface area (Å²) in [6.07, 6.45) is 3.60. The number of anilines is 2. The molecule has 1 amide bonds. The Labute approximate surface area is 186 Å². The van der Waals surface area contributed by atoms with E-state index in [1.54, 1.807) is 0 Å². The molecule has 168 valence electrons. The topological polar surface area (TPSA) is 70.2 Å². The first-order valence-corrected chi connectivity index (χ1v) is 10.8. The van der Waals surface area contributed by atoms with Gasteiger partial charge in [0.25, 0.3) is 5.91 Å². The van der Waals surface area contributed by atoms with Gasteiger partial charge in [0.1, 0.15) is 23.0 Å². The Balaban J connectivity index is 1.33. The molecular weight excluding hydrogens is 412 g/mol. The highest BCUT2D eigenvalue weighted by molar-refractivity contribution is 5.94. The van der Waals surface area contributed by atoms with E-state index in [1.165, 1.54) is 6.07 Å². The molecule has 0 bridgehead atoms. The summed E-state index contributed by atoms with van der Waals surface area (Å²) in [7, 11) is 3.93. The molecule has 0 spiro atoms. The lowest BCUT2D eigenvalue weighted by atomic mass is 9.86. The number of amides is 1. The van der Waals surface area contributed by atoms with Crippen LogP contribution in [0.4, 0.5) is 20.5 Å². The second-order valence-electron chi connectivity index (χ2n) is 8.45. The van der Waals surface area contributed by atoms with Gasteiger partial charge in [0, 0.05) is 32.1 Å². The predicted molar refractivity (Wildman–Crippen MR) is 122 cm³/mol. The first kappa shape index (κ1) is 21.9. The number of nitrogens with zero attached hydrogens (tertiary/aromatic N) is 3. The van der Waals surface area contributed by atoms with Crippen LogP contribution in [0, 0.1) is 17.6 Å². The summed E-state index contributed by atoms with van der Waals surface area (Å²) in [4.78, 5) is 23.5. The highest BCUT2D eigenvalue weighted by Gasteiger charge is 2.24. The van der Waals surface area contributed by atoms with Crippen LogP contribution >= 0.6 is 0 Å². The molecule has 0 atom stereocenters. The van der Waals surface area contributed by atoms with Crippen molar-refractivity contribution in [1.82, 2.24) is 15.3 Å². The van der Waals surface area contributed by atoms with E-state index < -0.39 is 23.1 Å². The summed E-state index contributed by atoms with van der Waals surface area (Å²) < 4.78 is 27.6. The number of hydrogen-bond acceptors (Lipinski definition) is 5. The Hall–Kier alpha value is -3.29. The molecule has 0 aliphatic heterocycles. The van der Waals surface area contributed by atoms with E-state index in [1.807, 2.05) is 43.3 Å². The minimum Gasteiger partial charge on any atom is -0.362 e. The molecule has 4 rings (SSSR count). The molecule has 0 unspecified atom stereocenters. The van der Waals surface area contributed by atoms with Gasteiger partial charge in [0.15, 0.2) is 0 Å². The van der Waals surface area contributed by atoms with Crippen LogP contribution in [-0.2, 0) is 0 Å². The minimum atomic E-state index is -0.845. The van der Waals surface area contributed by atoms with E-state index in [0.29, 0.717) is 12.5 Å². The Bertz CT molecular complexity index is 1090. The molecule has 1 aromatic heterocycles. The predicted octanol–water partition coefficient (Wildman–Crippen LogP) is 4.37. The monoisotopic (exact) mass is 439 g/mol. The van der Waals surface area contributed by atoms with Crippen molar-refractivity contribution in [3.8, 4) is 0 Å². The van der Waals surface area contributed by atoms with E-state index in [-0.39, 0.29) is 12.0 Å². The molecule has 2 aromatic carbocycles. The molecule has 1 fully saturated rings. The van der Waals surface area contributed by atoms with Gasteiger partial charge in [-0.3, -0.25) is 4.79 Å². The molecule has 3 aromatic rings. The highest BCUT2D eigenvalue weighted by Crippen LogP contribution is 2.28. The average Bonchev–Trinajstić information content (AvgIpc) is 2.78. The van der Waals surface area contributed by atoms with Gasteiger partial charge in [-0.25, -0.2) is 13.8 Å². The summed E-state index contributed by atoms with van der Waals surface area (Å²) >= 11 is 0. The normalized spacial score (nSPS) is 18.4. The summed E-state index contributed by atoms with van der Waals surface area (Å²) in [5, 5.41) is 7.15. The zero-order valence-corrected chi connectivity index (χ0v) is 18.2. The average molecular weight is 440 g/mol. The number of hydrogen-bond donors (Lipinski definition) is 2. The largest absolute Gasteiger partial charge is 0.362 e. The molecule has 0 radical (unpaired) electrons. The standard InChI is InChI=1S/C24H27F2N5O/c1-31(2)22-17-6-3-4-9-20(17)29-24(30-22)28-16-12-10-15(11-13-16)14-27-23(32)21-18(25)7-5-8-19(21)26/h3-9,15-16H,10-14H2,1-2H3,(H,27,32)(H,28,29,30). The fourth-order valence-electron chi connectivity index (χ4n) is 4.20. The second-order valence-corrected chi connectivity index (χ2v) is 8.45. The van der Waals surface area contributed by atoms with Crippen molar-refractivity contribution < 1.29 is 13.6 Å². The van der Waals surface area contributed by atoms with Crippen LogP contribution in [0.5, 0.6) is 0 Å². The number of halogens is 2. The fraction of sp³-hybridized carbons (Fsp3) is 0.375. The zero-order valence-electron chi connectivity index (χ0n) is 18.2. The van der Waals surface area contributed by atoms with Gasteiger partial charge >= 0.3 is 0 Å². The van der Waals surface area contributed by atoms with Gasteiger partial charge in [-0.15, -0.1) is 0 Å². The summed E-state index contributed by atoms with van der Waals surface area (Å²) in [6.45, 7) is 0.399. The maximum Gasteiger partial charge on any atom is 0.257 e. The molecule has 2 N–H and O–H groups in total. The molecule has 1 aliphatic carbocycles. The maximum absolute atomic E-state index is 13.8. The van der Waals surface area contributed by atoms with E-state index in [0.717, 1.165) is 54.5 Å². The third-order valence-electron chi connectivity index (χ3n) is 5.93. The molecule has 1 saturated carbocycles. The van der Waals surface area contributed by atoms with Crippen LogP contribution < -0.4 is 15.5 Å². The van der Waals surface area contributed by atoms with Crippen molar-refractivity contribution in [2.75, 3.05) is 30.9 Å². The van der Waals surface area contributed by atoms with Gasteiger partial charge in [0.05, 0.1) is 5.52 Å². The molecule has 6 nitrogen and oxygen atoms in total. The zero-order chi connectivity index (χ0) is 22.7. The molecule has 1 heterocycles. The molecule has 8 heteroatoms. The van der Waals surface area contributed by atoms with Gasteiger partial charge in [-0.2, -0.15) is 4.98 Å². The Morgan fingerprint density at radius 3 is 2.38 bits per heavy atom. The molecule has 1 aliphatic rings. The number of nitrogens with one attached hydrogen (secondary N) is 2. The van der Waals surface area contributed by atoms with Crippen LogP contribution in [0.1, 0.15) is 36.0 Å². The molecule has 0 saturated heterocycles. The molecular formula is C24H27F2N5O. The van der Waals surface area contributed by atoms with Crippen molar-refractivity contribution in [2.24, 2.45) is 5.92 Å². The number of benzene rings is 2. The van der Waals surface area contributed by atoms with Crippen molar-refractivity contribution >= 4 is 28.6 Å². The van der Waals surface area contributed by atoms with E-state index in [4.69, 9.17) is 4.98 Å². The number of fused-ring (bicyclic) bond motifs is 1. The van der Waals surface area contributed by atoms with Crippen LogP contribution in [0.3, 0.4) is 0 Å². The van der Waals surface area contributed by atoms with Crippen LogP contribution in [0.2, 0.25) is 0 Å². The van der Waals surface area contributed by atoms with Crippen molar-refractivity contribution in [3.63, 3.8) is 0 Å². The second kappa shape index (κ2) is 9.46. The number of carbonyl (C=O) groups excluding carboxylic acids is 1. The number of rotatable bonds is 6. The Morgan fingerprint density at radius 1 is 1.00 bits per heavy atom. The van der Waals surface area contributed by atoms with Gasteiger partial charge in [0.2, 0.25) is 5.95 Å². The third kappa shape index (κ3) is 4.79. The van der Waals surface area contributed by atoms with E-state index in [9.17, 15) is 13.6 Å². The summed E-state index contributed by atoms with van der Waals surface area (Å²) in [6, 6.07) is 11.6. The maximum atomic E-state index is 13.8.